The second-order valence-electron chi connectivity index (χ2n) is 9.15. The highest BCUT2D eigenvalue weighted by Gasteiger charge is 2.45. The van der Waals surface area contributed by atoms with Gasteiger partial charge in [0.15, 0.2) is 0 Å². The third-order valence-electron chi connectivity index (χ3n) is 7.07. The van der Waals surface area contributed by atoms with Crippen molar-refractivity contribution in [2.45, 2.75) is 43.9 Å². The molecule has 0 radical (unpaired) electrons. The molecule has 1 amide bonds. The summed E-state index contributed by atoms with van der Waals surface area (Å²) in [5.74, 6) is -1.42. The summed E-state index contributed by atoms with van der Waals surface area (Å²) in [5, 5.41) is 7.40. The Hall–Kier alpha value is -3.36. The van der Waals surface area contributed by atoms with Crippen LogP contribution < -0.4 is 5.32 Å². The van der Waals surface area contributed by atoms with Crippen molar-refractivity contribution in [3.63, 3.8) is 0 Å². The van der Waals surface area contributed by atoms with Crippen molar-refractivity contribution in [2.75, 3.05) is 18.5 Å². The second-order valence-corrected chi connectivity index (χ2v) is 9.15. The van der Waals surface area contributed by atoms with E-state index in [0.29, 0.717) is 24.5 Å². The van der Waals surface area contributed by atoms with Gasteiger partial charge in [0.05, 0.1) is 29.5 Å². The lowest BCUT2D eigenvalue weighted by Gasteiger charge is -2.26. The maximum Gasteiger partial charge on any atom is 0.254 e. The van der Waals surface area contributed by atoms with Gasteiger partial charge in [-0.05, 0) is 56.0 Å². The van der Waals surface area contributed by atoms with Crippen LogP contribution in [0.1, 0.15) is 37.4 Å². The molecule has 2 bridgehead atoms. The van der Waals surface area contributed by atoms with E-state index in [9.17, 15) is 13.6 Å². The van der Waals surface area contributed by atoms with Crippen molar-refractivity contribution in [1.29, 1.82) is 0 Å². The molecular weight excluding hydrogens is 452 g/mol. The lowest BCUT2D eigenvalue weighted by atomic mass is 9.88. The molecule has 0 saturated carbocycles. The van der Waals surface area contributed by atoms with E-state index in [1.54, 1.807) is 24.4 Å². The van der Waals surface area contributed by atoms with Crippen LogP contribution in [0.3, 0.4) is 0 Å². The van der Waals surface area contributed by atoms with Crippen LogP contribution in [0.4, 0.5) is 14.5 Å². The van der Waals surface area contributed by atoms with E-state index >= 15 is 0 Å². The minimum Gasteiger partial charge on any atom is -0.381 e. The minimum atomic E-state index is -0.608. The number of amides is 1. The fraction of sp³-hybridized carbons (Fsp3) is 0.333. The molecule has 8 heteroatoms. The Morgan fingerprint density at radius 2 is 1.71 bits per heavy atom. The highest BCUT2D eigenvalue weighted by Crippen LogP contribution is 2.45. The summed E-state index contributed by atoms with van der Waals surface area (Å²) in [4.78, 5) is 13.4. The SMILES string of the molecule is O=C(Nc1ccc(-c2ccccc2F)c(F)c1)C1=C(c2ccnn2C2CCOCC2)[C@@H]2CCC1O2. The number of hydrogen-bond acceptors (Lipinski definition) is 4. The number of rotatable bonds is 5. The maximum atomic E-state index is 14.9. The molecule has 2 atom stereocenters. The van der Waals surface area contributed by atoms with E-state index in [1.807, 2.05) is 10.7 Å². The minimum absolute atomic E-state index is 0.143. The van der Waals surface area contributed by atoms with Gasteiger partial charge in [-0.15, -0.1) is 0 Å². The topological polar surface area (TPSA) is 65.4 Å². The quantitative estimate of drug-likeness (QED) is 0.553. The predicted molar refractivity (Wildman–Crippen MR) is 127 cm³/mol. The van der Waals surface area contributed by atoms with E-state index in [0.717, 1.165) is 37.0 Å². The Bertz CT molecular complexity index is 1310. The normalized spacial score (nSPS) is 22.1. The van der Waals surface area contributed by atoms with Gasteiger partial charge in [0.1, 0.15) is 11.6 Å². The standard InChI is InChI=1S/C27H25F2N3O3/c28-20-4-2-1-3-18(20)19-6-5-16(15-21(19)29)31-27(33)26-24-8-7-23(35-24)25(26)22-9-12-30-32(22)17-10-13-34-14-11-17/h1-6,9,12,15,17,23-24H,7-8,10-11,13-14H2,(H,31,33)/t23-,24?/m0/s1. The maximum absolute atomic E-state index is 14.9. The average Bonchev–Trinajstić information content (AvgIpc) is 3.61. The zero-order valence-electron chi connectivity index (χ0n) is 19.0. The second kappa shape index (κ2) is 9.02. The van der Waals surface area contributed by atoms with Crippen molar-refractivity contribution in [3.8, 4) is 11.1 Å². The average molecular weight is 478 g/mol. The van der Waals surface area contributed by atoms with Crippen molar-refractivity contribution >= 4 is 17.2 Å². The molecule has 3 aliphatic heterocycles. The van der Waals surface area contributed by atoms with E-state index < -0.39 is 11.6 Å². The first kappa shape index (κ1) is 22.1. The molecule has 6 nitrogen and oxygen atoms in total. The molecule has 2 saturated heterocycles. The van der Waals surface area contributed by atoms with E-state index in [-0.39, 0.29) is 35.3 Å². The number of ether oxygens (including phenoxy) is 2. The highest BCUT2D eigenvalue weighted by molar-refractivity contribution is 6.11. The summed E-state index contributed by atoms with van der Waals surface area (Å²) in [6.45, 7) is 1.38. The largest absolute Gasteiger partial charge is 0.381 e. The van der Waals surface area contributed by atoms with Crippen molar-refractivity contribution in [1.82, 2.24) is 9.78 Å². The van der Waals surface area contributed by atoms with Crippen LogP contribution in [0, 0.1) is 11.6 Å². The van der Waals surface area contributed by atoms with Gasteiger partial charge in [0.25, 0.3) is 5.91 Å². The lowest BCUT2D eigenvalue weighted by molar-refractivity contribution is -0.113. The van der Waals surface area contributed by atoms with Gasteiger partial charge in [-0.3, -0.25) is 9.48 Å². The fourth-order valence-corrected chi connectivity index (χ4v) is 5.42. The number of nitrogens with zero attached hydrogens (tertiary/aromatic N) is 2. The van der Waals surface area contributed by atoms with Crippen LogP contribution in [0.5, 0.6) is 0 Å². The number of fused-ring (bicyclic) bond motifs is 2. The van der Waals surface area contributed by atoms with Gasteiger partial charge >= 0.3 is 0 Å². The van der Waals surface area contributed by atoms with E-state index in [2.05, 4.69) is 10.4 Å². The van der Waals surface area contributed by atoms with Gasteiger partial charge in [0.2, 0.25) is 0 Å². The predicted octanol–water partition coefficient (Wildman–Crippen LogP) is 5.13. The summed E-state index contributed by atoms with van der Waals surface area (Å²) in [6, 6.07) is 12.5. The molecule has 180 valence electrons. The Kier molecular flexibility index (Phi) is 5.70. The summed E-state index contributed by atoms with van der Waals surface area (Å²) in [7, 11) is 0. The third kappa shape index (κ3) is 3.96. The Morgan fingerprint density at radius 3 is 2.51 bits per heavy atom. The molecule has 0 spiro atoms. The van der Waals surface area contributed by atoms with Crippen LogP contribution in [-0.4, -0.2) is 41.1 Å². The molecule has 2 fully saturated rings. The van der Waals surface area contributed by atoms with Crippen LogP contribution in [0.2, 0.25) is 0 Å². The monoisotopic (exact) mass is 477 g/mol. The number of nitrogens with one attached hydrogen (secondary N) is 1. The molecule has 2 aromatic carbocycles. The lowest BCUT2D eigenvalue weighted by Crippen LogP contribution is -2.26. The first-order valence-corrected chi connectivity index (χ1v) is 12.0. The molecule has 4 heterocycles. The Balaban J connectivity index is 1.30. The van der Waals surface area contributed by atoms with Gasteiger partial charge in [0, 0.05) is 41.8 Å². The number of aromatic nitrogens is 2. The molecule has 1 N–H and O–H groups in total. The zero-order valence-corrected chi connectivity index (χ0v) is 19.0. The van der Waals surface area contributed by atoms with Crippen LogP contribution in [0.15, 0.2) is 60.3 Å². The zero-order chi connectivity index (χ0) is 23.9. The van der Waals surface area contributed by atoms with E-state index in [1.165, 1.54) is 24.3 Å². The number of anilines is 1. The molecule has 0 aliphatic carbocycles. The first-order valence-electron chi connectivity index (χ1n) is 12.0. The van der Waals surface area contributed by atoms with Crippen molar-refractivity contribution < 1.29 is 23.0 Å². The van der Waals surface area contributed by atoms with Crippen LogP contribution in [-0.2, 0) is 14.3 Å². The fourth-order valence-electron chi connectivity index (χ4n) is 5.42. The molecule has 6 rings (SSSR count). The molecule has 1 unspecified atom stereocenters. The van der Waals surface area contributed by atoms with Crippen LogP contribution >= 0.6 is 0 Å². The summed E-state index contributed by atoms with van der Waals surface area (Å²) >= 11 is 0. The van der Waals surface area contributed by atoms with Gasteiger partial charge < -0.3 is 14.8 Å². The van der Waals surface area contributed by atoms with E-state index in [4.69, 9.17) is 9.47 Å². The van der Waals surface area contributed by atoms with Crippen molar-refractivity contribution in [2.24, 2.45) is 0 Å². The number of carbonyl (C=O) groups excluding carboxylic acids is 1. The molecule has 35 heavy (non-hydrogen) atoms. The third-order valence-corrected chi connectivity index (χ3v) is 7.07. The highest BCUT2D eigenvalue weighted by atomic mass is 19.1. The van der Waals surface area contributed by atoms with Gasteiger partial charge in [-0.25, -0.2) is 8.78 Å². The summed E-state index contributed by atoms with van der Waals surface area (Å²) in [5.41, 5.74) is 2.97. The number of carbonyl (C=O) groups is 1. The Labute approximate surface area is 201 Å². The van der Waals surface area contributed by atoms with Crippen LogP contribution in [0.25, 0.3) is 16.7 Å². The molecule has 1 aromatic heterocycles. The number of benzene rings is 2. The molecular formula is C27H25F2N3O3. The summed E-state index contributed by atoms with van der Waals surface area (Å²) in [6.07, 6.45) is 4.66. The molecule has 3 aromatic rings. The molecule has 3 aliphatic rings. The Morgan fingerprint density at radius 1 is 0.943 bits per heavy atom. The van der Waals surface area contributed by atoms with Gasteiger partial charge in [-0.2, -0.15) is 5.10 Å². The smallest absolute Gasteiger partial charge is 0.254 e. The summed E-state index contributed by atoms with van der Waals surface area (Å²) < 4.78 is 42.6. The first-order chi connectivity index (χ1) is 17.1. The number of hydrogen-bond donors (Lipinski definition) is 1. The number of halogens is 2. The van der Waals surface area contributed by atoms with Gasteiger partial charge in [-0.1, -0.05) is 18.2 Å². The van der Waals surface area contributed by atoms with Crippen molar-refractivity contribution in [3.05, 3.63) is 77.6 Å².